The second-order valence-electron chi connectivity index (χ2n) is 4.73. The fourth-order valence-electron chi connectivity index (χ4n) is 1.90. The summed E-state index contributed by atoms with van der Waals surface area (Å²) in [6.45, 7) is 6.19. The first-order chi connectivity index (χ1) is 9.94. The van der Waals surface area contributed by atoms with Gasteiger partial charge in [0.2, 0.25) is 5.82 Å². The maximum absolute atomic E-state index is 13.4. The summed E-state index contributed by atoms with van der Waals surface area (Å²) in [6.07, 6.45) is 0.273. The monoisotopic (exact) mass is 301 g/mol. The van der Waals surface area contributed by atoms with Gasteiger partial charge in [0, 0.05) is 6.42 Å². The quantitative estimate of drug-likeness (QED) is 0.750. The van der Waals surface area contributed by atoms with Crippen LogP contribution < -0.4 is 10.1 Å². The Labute approximate surface area is 123 Å². The molecule has 0 heterocycles. The van der Waals surface area contributed by atoms with E-state index in [0.29, 0.717) is 6.54 Å². The van der Waals surface area contributed by atoms with Crippen LogP contribution in [0.4, 0.5) is 8.78 Å². The van der Waals surface area contributed by atoms with Gasteiger partial charge in [0.15, 0.2) is 11.6 Å². The van der Waals surface area contributed by atoms with Crippen molar-refractivity contribution in [3.8, 4) is 5.75 Å². The van der Waals surface area contributed by atoms with Gasteiger partial charge in [0.05, 0.1) is 13.2 Å². The third-order valence-electron chi connectivity index (χ3n) is 3.07. The Bertz CT molecular complexity index is 482. The number of nitrogens with one attached hydrogen (secondary N) is 1. The van der Waals surface area contributed by atoms with Gasteiger partial charge in [-0.05, 0) is 32.5 Å². The lowest BCUT2D eigenvalue weighted by Gasteiger charge is -2.28. The minimum absolute atomic E-state index is 0.0582. The van der Waals surface area contributed by atoms with E-state index in [4.69, 9.17) is 9.47 Å². The Morgan fingerprint density at radius 2 is 2.05 bits per heavy atom. The van der Waals surface area contributed by atoms with Crippen LogP contribution in [0.1, 0.15) is 27.2 Å². The van der Waals surface area contributed by atoms with Crippen molar-refractivity contribution in [3.05, 3.63) is 29.8 Å². The third kappa shape index (κ3) is 4.67. The van der Waals surface area contributed by atoms with Crippen molar-refractivity contribution < 1.29 is 23.0 Å². The zero-order valence-corrected chi connectivity index (χ0v) is 12.5. The van der Waals surface area contributed by atoms with Crippen LogP contribution >= 0.6 is 0 Å². The summed E-state index contributed by atoms with van der Waals surface area (Å²) in [5, 5.41) is 3.03. The van der Waals surface area contributed by atoms with Crippen LogP contribution in [-0.4, -0.2) is 31.3 Å². The average molecular weight is 301 g/mol. The SMILES string of the molecule is CCNC(C)(CCOc1cccc(F)c1F)C(=O)OCC. The van der Waals surface area contributed by atoms with Crippen LogP contribution in [0.15, 0.2) is 18.2 Å². The van der Waals surface area contributed by atoms with Crippen molar-refractivity contribution in [3.63, 3.8) is 0 Å². The summed E-state index contributed by atoms with van der Waals surface area (Å²) in [7, 11) is 0. The van der Waals surface area contributed by atoms with Crippen LogP contribution in [0.3, 0.4) is 0 Å². The van der Waals surface area contributed by atoms with Gasteiger partial charge in [-0.2, -0.15) is 4.39 Å². The molecule has 0 fully saturated rings. The molecule has 6 heteroatoms. The molecule has 0 aromatic heterocycles. The van der Waals surface area contributed by atoms with Gasteiger partial charge in [-0.1, -0.05) is 13.0 Å². The summed E-state index contributed by atoms with van der Waals surface area (Å²) in [6, 6.07) is 3.72. The van der Waals surface area contributed by atoms with Crippen LogP contribution in [0.5, 0.6) is 5.75 Å². The minimum Gasteiger partial charge on any atom is -0.490 e. The summed E-state index contributed by atoms with van der Waals surface area (Å²) < 4.78 is 36.7. The lowest BCUT2D eigenvalue weighted by atomic mass is 9.98. The molecule has 1 rings (SSSR count). The van der Waals surface area contributed by atoms with Crippen molar-refractivity contribution >= 4 is 5.97 Å². The minimum atomic E-state index is -1.03. The van der Waals surface area contributed by atoms with Gasteiger partial charge in [-0.15, -0.1) is 0 Å². The largest absolute Gasteiger partial charge is 0.490 e. The predicted octanol–water partition coefficient (Wildman–Crippen LogP) is 2.67. The number of rotatable bonds is 8. The number of benzene rings is 1. The molecule has 0 radical (unpaired) electrons. The maximum atomic E-state index is 13.4. The first-order valence-electron chi connectivity index (χ1n) is 6.93. The average Bonchev–Trinajstić information content (AvgIpc) is 2.44. The van der Waals surface area contributed by atoms with E-state index in [2.05, 4.69) is 5.32 Å². The van der Waals surface area contributed by atoms with Gasteiger partial charge in [0.25, 0.3) is 0 Å². The van der Waals surface area contributed by atoms with Gasteiger partial charge in [0.1, 0.15) is 5.54 Å². The normalized spacial score (nSPS) is 13.6. The highest BCUT2D eigenvalue weighted by Gasteiger charge is 2.33. The Morgan fingerprint density at radius 3 is 2.67 bits per heavy atom. The molecule has 0 aliphatic rings. The molecule has 1 N–H and O–H groups in total. The lowest BCUT2D eigenvalue weighted by molar-refractivity contribution is -0.151. The molecule has 0 saturated carbocycles. The molecule has 0 aliphatic carbocycles. The highest BCUT2D eigenvalue weighted by molar-refractivity contribution is 5.80. The smallest absolute Gasteiger partial charge is 0.326 e. The molecule has 1 aromatic rings. The summed E-state index contributed by atoms with van der Waals surface area (Å²) in [5.41, 5.74) is -0.922. The Balaban J connectivity index is 2.65. The molecule has 0 bridgehead atoms. The summed E-state index contributed by atoms with van der Waals surface area (Å²) in [5.74, 6) is -2.56. The molecule has 118 valence electrons. The lowest BCUT2D eigenvalue weighted by Crippen LogP contribution is -2.51. The van der Waals surface area contributed by atoms with Gasteiger partial charge < -0.3 is 14.8 Å². The van der Waals surface area contributed by atoms with Gasteiger partial charge in [-0.3, -0.25) is 4.79 Å². The maximum Gasteiger partial charge on any atom is 0.326 e. The number of esters is 1. The predicted molar refractivity (Wildman–Crippen MR) is 75.2 cm³/mol. The molecule has 0 saturated heterocycles. The highest BCUT2D eigenvalue weighted by atomic mass is 19.2. The Kier molecular flexibility index (Phi) is 6.55. The Hall–Kier alpha value is -1.69. The number of carbonyl (C=O) groups is 1. The second-order valence-corrected chi connectivity index (χ2v) is 4.73. The highest BCUT2D eigenvalue weighted by Crippen LogP contribution is 2.20. The Morgan fingerprint density at radius 1 is 1.33 bits per heavy atom. The molecular weight excluding hydrogens is 280 g/mol. The number of hydrogen-bond donors (Lipinski definition) is 1. The standard InChI is InChI=1S/C15H21F2NO3/c1-4-18-15(3,14(19)20-5-2)9-10-21-12-8-6-7-11(16)13(12)17/h6-8,18H,4-5,9-10H2,1-3H3. The molecule has 21 heavy (non-hydrogen) atoms. The number of likely N-dealkylation sites (N-methyl/N-ethyl adjacent to an activating group) is 1. The van der Waals surface area contributed by atoms with Crippen molar-refractivity contribution in [2.75, 3.05) is 19.8 Å². The number of carbonyl (C=O) groups excluding carboxylic acids is 1. The first kappa shape index (κ1) is 17.4. The number of halogens is 2. The zero-order chi connectivity index (χ0) is 15.9. The van der Waals surface area contributed by atoms with E-state index in [0.717, 1.165) is 6.07 Å². The van der Waals surface area contributed by atoms with Crippen LogP contribution in [0, 0.1) is 11.6 Å². The fraction of sp³-hybridized carbons (Fsp3) is 0.533. The molecule has 1 atom stereocenters. The van der Waals surface area contributed by atoms with E-state index in [1.807, 2.05) is 6.92 Å². The molecule has 4 nitrogen and oxygen atoms in total. The molecule has 0 aliphatic heterocycles. The molecule has 0 amide bonds. The van der Waals surface area contributed by atoms with E-state index in [1.54, 1.807) is 13.8 Å². The van der Waals surface area contributed by atoms with E-state index in [-0.39, 0.29) is 25.4 Å². The fourth-order valence-corrected chi connectivity index (χ4v) is 1.90. The topological polar surface area (TPSA) is 47.6 Å². The van der Waals surface area contributed by atoms with Gasteiger partial charge in [-0.25, -0.2) is 4.39 Å². The first-order valence-corrected chi connectivity index (χ1v) is 6.93. The van der Waals surface area contributed by atoms with Crippen LogP contribution in [-0.2, 0) is 9.53 Å². The van der Waals surface area contributed by atoms with E-state index < -0.39 is 23.1 Å². The van der Waals surface area contributed by atoms with E-state index in [9.17, 15) is 13.6 Å². The third-order valence-corrected chi connectivity index (χ3v) is 3.07. The van der Waals surface area contributed by atoms with Crippen LogP contribution in [0.25, 0.3) is 0 Å². The van der Waals surface area contributed by atoms with Crippen molar-refractivity contribution in [2.45, 2.75) is 32.7 Å². The van der Waals surface area contributed by atoms with Crippen LogP contribution in [0.2, 0.25) is 0 Å². The van der Waals surface area contributed by atoms with E-state index >= 15 is 0 Å². The van der Waals surface area contributed by atoms with Crippen molar-refractivity contribution in [1.82, 2.24) is 5.32 Å². The zero-order valence-electron chi connectivity index (χ0n) is 12.5. The summed E-state index contributed by atoms with van der Waals surface area (Å²) >= 11 is 0. The number of hydrogen-bond acceptors (Lipinski definition) is 4. The second kappa shape index (κ2) is 7.93. The number of ether oxygens (including phenoxy) is 2. The molecule has 1 unspecified atom stereocenters. The summed E-state index contributed by atoms with van der Waals surface area (Å²) in [4.78, 5) is 11.9. The molecular formula is C15H21F2NO3. The van der Waals surface area contributed by atoms with Crippen molar-refractivity contribution in [1.29, 1.82) is 0 Å². The molecule has 0 spiro atoms. The van der Waals surface area contributed by atoms with E-state index in [1.165, 1.54) is 12.1 Å². The van der Waals surface area contributed by atoms with Gasteiger partial charge >= 0.3 is 5.97 Å². The van der Waals surface area contributed by atoms with Crippen molar-refractivity contribution in [2.24, 2.45) is 0 Å². The molecule has 1 aromatic carbocycles.